The maximum atomic E-state index is 5.56. The fourth-order valence-corrected chi connectivity index (χ4v) is 2.51. The van der Waals surface area contributed by atoms with Crippen LogP contribution in [0.2, 0.25) is 0 Å². The van der Waals surface area contributed by atoms with Gasteiger partial charge in [-0.05, 0) is 13.0 Å². The lowest BCUT2D eigenvalue weighted by Gasteiger charge is -2.39. The summed E-state index contributed by atoms with van der Waals surface area (Å²) in [5.74, 6) is 0.948. The Kier molecular flexibility index (Phi) is 2.35. The highest BCUT2D eigenvalue weighted by Gasteiger charge is 2.41. The minimum absolute atomic E-state index is 0.182. The molecule has 1 aromatic rings. The van der Waals surface area contributed by atoms with E-state index >= 15 is 0 Å². The number of rotatable bonds is 1. The lowest BCUT2D eigenvalue weighted by molar-refractivity contribution is -0.00451. The molecule has 3 rings (SSSR count). The highest BCUT2D eigenvalue weighted by molar-refractivity contribution is 5.40. The van der Waals surface area contributed by atoms with E-state index in [2.05, 4.69) is 34.8 Å². The second-order valence-corrected chi connectivity index (χ2v) is 4.51. The Balaban J connectivity index is 1.94. The lowest BCUT2D eigenvalue weighted by Crippen LogP contribution is -2.57. The van der Waals surface area contributed by atoms with Crippen molar-refractivity contribution in [2.24, 2.45) is 0 Å². The number of nitrogens with zero attached hydrogens (tertiary/aromatic N) is 1. The van der Waals surface area contributed by atoms with Gasteiger partial charge in [0.05, 0.1) is 0 Å². The van der Waals surface area contributed by atoms with E-state index in [0.717, 1.165) is 31.9 Å². The number of para-hydroxylation sites is 1. The molecule has 0 amide bonds. The summed E-state index contributed by atoms with van der Waals surface area (Å²) in [5, 5.41) is 3.37. The third-order valence-corrected chi connectivity index (χ3v) is 3.52. The molecule has 2 aliphatic rings. The minimum Gasteiger partial charge on any atom is -0.406 e. The van der Waals surface area contributed by atoms with E-state index in [1.165, 1.54) is 5.56 Å². The smallest absolute Gasteiger partial charge is 0.153 e. The number of hydrogen-bond acceptors (Lipinski definition) is 4. The van der Waals surface area contributed by atoms with Crippen LogP contribution in [0.5, 0.6) is 5.75 Å². The molecule has 0 spiro atoms. The van der Waals surface area contributed by atoms with Crippen molar-refractivity contribution in [1.82, 2.24) is 15.7 Å². The van der Waals surface area contributed by atoms with E-state index in [0.29, 0.717) is 0 Å². The van der Waals surface area contributed by atoms with Gasteiger partial charge >= 0.3 is 0 Å². The molecule has 86 valence electrons. The van der Waals surface area contributed by atoms with Crippen molar-refractivity contribution >= 4 is 0 Å². The molecular formula is C12H17N3O. The zero-order valence-electron chi connectivity index (χ0n) is 9.49. The maximum Gasteiger partial charge on any atom is 0.153 e. The molecule has 0 saturated carbocycles. The molecule has 2 N–H and O–H groups in total. The quantitative estimate of drug-likeness (QED) is 0.727. The van der Waals surface area contributed by atoms with Gasteiger partial charge in [0.25, 0.3) is 0 Å². The maximum absolute atomic E-state index is 5.56. The molecule has 1 fully saturated rings. The molecule has 1 unspecified atom stereocenters. The summed E-state index contributed by atoms with van der Waals surface area (Å²) in [4.78, 5) is 7.98. The molecule has 2 aliphatic heterocycles. The van der Waals surface area contributed by atoms with Gasteiger partial charge in [0.1, 0.15) is 5.66 Å². The van der Waals surface area contributed by atoms with Crippen LogP contribution in [0.3, 0.4) is 0 Å². The van der Waals surface area contributed by atoms with E-state index in [9.17, 15) is 0 Å². The van der Waals surface area contributed by atoms with Gasteiger partial charge in [-0.25, -0.2) is 0 Å². The Bertz CT molecular complexity index is 390. The van der Waals surface area contributed by atoms with Crippen LogP contribution >= 0.6 is 0 Å². The molecule has 4 nitrogen and oxygen atoms in total. The lowest BCUT2D eigenvalue weighted by atomic mass is 9.99. The average molecular weight is 219 g/mol. The predicted octanol–water partition coefficient (Wildman–Crippen LogP) is 0.661. The van der Waals surface area contributed by atoms with E-state index in [1.54, 1.807) is 0 Å². The van der Waals surface area contributed by atoms with Gasteiger partial charge in [-0.15, -0.1) is 5.48 Å². The van der Waals surface area contributed by atoms with Crippen LogP contribution in [-0.2, 0) is 5.66 Å². The summed E-state index contributed by atoms with van der Waals surface area (Å²) in [7, 11) is 0. The molecule has 16 heavy (non-hydrogen) atoms. The van der Waals surface area contributed by atoms with Gasteiger partial charge in [-0.2, -0.15) is 0 Å². The Hall–Kier alpha value is -1.10. The van der Waals surface area contributed by atoms with Crippen LogP contribution in [-0.4, -0.2) is 31.1 Å². The van der Waals surface area contributed by atoms with Gasteiger partial charge in [-0.1, -0.05) is 18.2 Å². The predicted molar refractivity (Wildman–Crippen MR) is 62.0 cm³/mol. The number of nitrogens with one attached hydrogen (secondary N) is 2. The number of benzene rings is 1. The molecule has 0 aromatic heterocycles. The Morgan fingerprint density at radius 3 is 2.81 bits per heavy atom. The molecule has 1 atom stereocenters. The van der Waals surface area contributed by atoms with E-state index in [1.807, 2.05) is 12.1 Å². The third kappa shape index (κ3) is 1.42. The number of piperazine rings is 1. The Labute approximate surface area is 95.5 Å². The van der Waals surface area contributed by atoms with E-state index in [-0.39, 0.29) is 5.66 Å². The number of hydrogen-bond donors (Lipinski definition) is 2. The largest absolute Gasteiger partial charge is 0.406 e. The summed E-state index contributed by atoms with van der Waals surface area (Å²) >= 11 is 0. The molecule has 0 radical (unpaired) electrons. The van der Waals surface area contributed by atoms with Gasteiger partial charge in [0.15, 0.2) is 5.75 Å². The molecule has 2 heterocycles. The normalized spacial score (nSPS) is 29.8. The van der Waals surface area contributed by atoms with Crippen LogP contribution in [0.1, 0.15) is 12.5 Å². The fraction of sp³-hybridized carbons (Fsp3) is 0.500. The highest BCUT2D eigenvalue weighted by Crippen LogP contribution is 2.37. The summed E-state index contributed by atoms with van der Waals surface area (Å²) in [6.45, 7) is 6.35. The first-order valence-corrected chi connectivity index (χ1v) is 5.80. The first kappa shape index (κ1) is 10.1. The second kappa shape index (κ2) is 3.73. The number of hydroxylamine groups is 1. The van der Waals surface area contributed by atoms with Crippen LogP contribution in [0.4, 0.5) is 0 Å². The topological polar surface area (TPSA) is 36.5 Å². The molecular weight excluding hydrogens is 202 g/mol. The summed E-state index contributed by atoms with van der Waals surface area (Å²) in [6.07, 6.45) is 0. The van der Waals surface area contributed by atoms with Gasteiger partial charge < -0.3 is 10.2 Å². The summed E-state index contributed by atoms with van der Waals surface area (Å²) in [5.41, 5.74) is 4.22. The van der Waals surface area contributed by atoms with Crippen molar-refractivity contribution in [3.8, 4) is 5.75 Å². The zero-order valence-corrected chi connectivity index (χ0v) is 9.49. The van der Waals surface area contributed by atoms with Crippen LogP contribution in [0, 0.1) is 0 Å². The fourth-order valence-electron chi connectivity index (χ4n) is 2.51. The standard InChI is InChI=1S/C12H17N3O/c1-12(15-8-6-13-7-9-15)10-4-2-3-5-11(10)16-14-12/h2-5,13-14H,6-9H2,1H3. The van der Waals surface area contributed by atoms with Crippen molar-refractivity contribution < 1.29 is 4.84 Å². The minimum atomic E-state index is -0.182. The van der Waals surface area contributed by atoms with Gasteiger partial charge in [0, 0.05) is 31.7 Å². The van der Waals surface area contributed by atoms with Gasteiger partial charge in [0.2, 0.25) is 0 Å². The van der Waals surface area contributed by atoms with Crippen LogP contribution < -0.4 is 15.6 Å². The van der Waals surface area contributed by atoms with Crippen LogP contribution in [0.15, 0.2) is 24.3 Å². The zero-order chi connectivity index (χ0) is 11.0. The first-order valence-electron chi connectivity index (χ1n) is 5.80. The SMILES string of the molecule is CC1(N2CCNCC2)NOc2ccccc21. The summed E-state index contributed by atoms with van der Waals surface area (Å²) in [6, 6.07) is 8.22. The molecule has 0 bridgehead atoms. The second-order valence-electron chi connectivity index (χ2n) is 4.51. The Morgan fingerprint density at radius 1 is 1.25 bits per heavy atom. The molecule has 1 aromatic carbocycles. The molecule has 4 heteroatoms. The Morgan fingerprint density at radius 2 is 2.00 bits per heavy atom. The average Bonchev–Trinajstić information content (AvgIpc) is 2.71. The summed E-state index contributed by atoms with van der Waals surface area (Å²) < 4.78 is 0. The van der Waals surface area contributed by atoms with E-state index < -0.39 is 0 Å². The van der Waals surface area contributed by atoms with E-state index in [4.69, 9.17) is 4.84 Å². The monoisotopic (exact) mass is 219 g/mol. The molecule has 0 aliphatic carbocycles. The van der Waals surface area contributed by atoms with Crippen molar-refractivity contribution in [1.29, 1.82) is 0 Å². The van der Waals surface area contributed by atoms with Crippen molar-refractivity contribution in [3.05, 3.63) is 29.8 Å². The van der Waals surface area contributed by atoms with Crippen LogP contribution in [0.25, 0.3) is 0 Å². The number of fused-ring (bicyclic) bond motifs is 1. The highest BCUT2D eigenvalue weighted by atomic mass is 16.7. The first-order chi connectivity index (χ1) is 7.81. The molecule has 1 saturated heterocycles. The van der Waals surface area contributed by atoms with Crippen molar-refractivity contribution in [3.63, 3.8) is 0 Å². The third-order valence-electron chi connectivity index (χ3n) is 3.52. The van der Waals surface area contributed by atoms with Gasteiger partial charge in [-0.3, -0.25) is 4.90 Å². The van der Waals surface area contributed by atoms with Crippen molar-refractivity contribution in [2.45, 2.75) is 12.6 Å². The van der Waals surface area contributed by atoms with Crippen molar-refractivity contribution in [2.75, 3.05) is 26.2 Å².